The van der Waals surface area contributed by atoms with Gasteiger partial charge in [-0.3, -0.25) is 4.79 Å². The Morgan fingerprint density at radius 2 is 1.76 bits per heavy atom. The van der Waals surface area contributed by atoms with Crippen molar-refractivity contribution in [2.24, 2.45) is 0 Å². The minimum atomic E-state index is -1.17. The number of carbonyl (C=O) groups excluding carboxylic acids is 2. The fraction of sp³-hybridized carbons (Fsp3) is 0.696. The highest BCUT2D eigenvalue weighted by molar-refractivity contribution is 5.77. The number of hydrogen-bond donors (Lipinski definition) is 4. The number of rotatable bonds is 6. The smallest absolute Gasteiger partial charge is 0.315 e. The molecule has 2 aliphatic heterocycles. The third-order valence-corrected chi connectivity index (χ3v) is 6.85. The summed E-state index contributed by atoms with van der Waals surface area (Å²) in [5.41, 5.74) is 0. The number of amides is 3. The Labute approximate surface area is 194 Å². The number of anilines is 1. The number of piperazine rings is 1. The molecule has 0 spiro atoms. The molecule has 4 atom stereocenters. The van der Waals surface area contributed by atoms with Gasteiger partial charge in [0.15, 0.2) is 0 Å². The number of nitrogens with one attached hydrogen (secondary N) is 2. The molecule has 0 bridgehead atoms. The summed E-state index contributed by atoms with van der Waals surface area (Å²) in [6.45, 7) is 2.56. The number of ether oxygens (including phenoxy) is 1. The number of nitrogens with zero attached hydrogens (tertiary/aromatic N) is 3. The molecule has 33 heavy (non-hydrogen) atoms. The van der Waals surface area contributed by atoms with E-state index >= 15 is 0 Å². The lowest BCUT2D eigenvalue weighted by Gasteiger charge is -2.36. The Balaban J connectivity index is 1.20. The van der Waals surface area contributed by atoms with Crippen LogP contribution in [-0.2, 0) is 9.53 Å². The van der Waals surface area contributed by atoms with Crippen LogP contribution in [0.15, 0.2) is 24.4 Å². The highest BCUT2D eigenvalue weighted by Crippen LogP contribution is 2.25. The van der Waals surface area contributed by atoms with Gasteiger partial charge in [-0.2, -0.15) is 0 Å². The predicted octanol–water partition coefficient (Wildman–Crippen LogP) is 0.241. The molecule has 1 aromatic heterocycles. The highest BCUT2D eigenvalue weighted by atomic mass is 16.5. The summed E-state index contributed by atoms with van der Waals surface area (Å²) in [5, 5.41) is 26.4. The summed E-state index contributed by atoms with van der Waals surface area (Å²) in [7, 11) is 0. The van der Waals surface area contributed by atoms with Crippen LogP contribution in [0.4, 0.5) is 10.6 Å². The van der Waals surface area contributed by atoms with E-state index in [1.54, 1.807) is 11.1 Å². The van der Waals surface area contributed by atoms with Crippen LogP contribution in [0.3, 0.4) is 0 Å². The minimum Gasteiger partial charge on any atom is -0.388 e. The number of pyridine rings is 1. The number of hydrogen-bond acceptors (Lipinski definition) is 7. The monoisotopic (exact) mass is 461 g/mol. The van der Waals surface area contributed by atoms with Crippen LogP contribution in [0, 0.1) is 0 Å². The van der Waals surface area contributed by atoms with Crippen LogP contribution < -0.4 is 15.5 Å². The Morgan fingerprint density at radius 3 is 2.45 bits per heavy atom. The molecule has 2 saturated heterocycles. The van der Waals surface area contributed by atoms with Crippen LogP contribution in [-0.4, -0.2) is 95.2 Å². The molecule has 4 unspecified atom stereocenters. The zero-order valence-electron chi connectivity index (χ0n) is 18.9. The second-order valence-corrected chi connectivity index (χ2v) is 9.14. The van der Waals surface area contributed by atoms with E-state index in [2.05, 4.69) is 20.5 Å². The molecule has 3 amide bonds. The second kappa shape index (κ2) is 11.1. The van der Waals surface area contributed by atoms with Gasteiger partial charge < -0.3 is 35.4 Å². The standard InChI is InChI=1S/C23H35N5O5/c29-20(28-12-10-27(11-13-28)19-8-4-5-9-24-19)14-17-21(30)22(31)18(33-17)15-25-23(32)26-16-6-2-1-3-7-16/h4-5,8-9,16-18,21-22,30-31H,1-3,6-7,10-15H2,(H2,25,26,32). The third-order valence-electron chi connectivity index (χ3n) is 6.85. The van der Waals surface area contributed by atoms with Crippen molar-refractivity contribution in [2.75, 3.05) is 37.6 Å². The van der Waals surface area contributed by atoms with Crippen molar-refractivity contribution in [1.29, 1.82) is 0 Å². The Morgan fingerprint density at radius 1 is 1.03 bits per heavy atom. The Bertz CT molecular complexity index is 783. The molecule has 0 aromatic carbocycles. The first-order chi connectivity index (χ1) is 16.0. The molecular weight excluding hydrogens is 426 g/mol. The number of aliphatic hydroxyl groups is 2. The van der Waals surface area contributed by atoms with Gasteiger partial charge in [-0.15, -0.1) is 0 Å². The molecule has 10 heteroatoms. The topological polar surface area (TPSA) is 127 Å². The molecule has 3 heterocycles. The summed E-state index contributed by atoms with van der Waals surface area (Å²) in [6.07, 6.45) is 3.28. The van der Waals surface area contributed by atoms with Crippen LogP contribution in [0.2, 0.25) is 0 Å². The van der Waals surface area contributed by atoms with Crippen LogP contribution >= 0.6 is 0 Å². The normalized spacial score (nSPS) is 28.5. The second-order valence-electron chi connectivity index (χ2n) is 9.14. The van der Waals surface area contributed by atoms with Crippen molar-refractivity contribution >= 4 is 17.8 Å². The van der Waals surface area contributed by atoms with Gasteiger partial charge in [0, 0.05) is 45.0 Å². The van der Waals surface area contributed by atoms with E-state index in [0.717, 1.165) is 31.5 Å². The van der Waals surface area contributed by atoms with E-state index in [9.17, 15) is 19.8 Å². The van der Waals surface area contributed by atoms with Gasteiger partial charge >= 0.3 is 6.03 Å². The first-order valence-electron chi connectivity index (χ1n) is 12.0. The molecule has 0 radical (unpaired) electrons. The van der Waals surface area contributed by atoms with Gasteiger partial charge in [0.25, 0.3) is 0 Å². The fourth-order valence-electron chi connectivity index (χ4n) is 4.87. The lowest BCUT2D eigenvalue weighted by atomic mass is 9.96. The molecule has 4 N–H and O–H groups in total. The van der Waals surface area contributed by atoms with E-state index in [-0.39, 0.29) is 30.9 Å². The van der Waals surface area contributed by atoms with Crippen LogP contribution in [0.25, 0.3) is 0 Å². The quantitative estimate of drug-likeness (QED) is 0.478. The minimum absolute atomic E-state index is 0.00736. The average molecular weight is 462 g/mol. The van der Waals surface area contributed by atoms with E-state index in [4.69, 9.17) is 4.74 Å². The largest absolute Gasteiger partial charge is 0.388 e. The van der Waals surface area contributed by atoms with E-state index in [1.807, 2.05) is 18.2 Å². The molecule has 4 rings (SSSR count). The van der Waals surface area contributed by atoms with Crippen molar-refractivity contribution in [1.82, 2.24) is 20.5 Å². The average Bonchev–Trinajstić information content (AvgIpc) is 3.12. The molecule has 1 aromatic rings. The summed E-state index contributed by atoms with van der Waals surface area (Å²) in [6, 6.07) is 5.65. The predicted molar refractivity (Wildman–Crippen MR) is 122 cm³/mol. The molecule has 1 saturated carbocycles. The van der Waals surface area contributed by atoms with E-state index in [0.29, 0.717) is 26.2 Å². The van der Waals surface area contributed by atoms with Crippen LogP contribution in [0.1, 0.15) is 38.5 Å². The van der Waals surface area contributed by atoms with Crippen molar-refractivity contribution in [3.8, 4) is 0 Å². The summed E-state index contributed by atoms with van der Waals surface area (Å²) in [5.74, 6) is 0.778. The number of aromatic nitrogens is 1. The molecule has 10 nitrogen and oxygen atoms in total. The van der Waals surface area contributed by atoms with Gasteiger partial charge in [-0.1, -0.05) is 25.3 Å². The first-order valence-corrected chi connectivity index (χ1v) is 12.0. The highest BCUT2D eigenvalue weighted by Gasteiger charge is 2.44. The lowest BCUT2D eigenvalue weighted by molar-refractivity contribution is -0.135. The maximum Gasteiger partial charge on any atom is 0.315 e. The molecule has 3 aliphatic rings. The summed E-state index contributed by atoms with van der Waals surface area (Å²) in [4.78, 5) is 33.2. The zero-order chi connectivity index (χ0) is 23.2. The summed E-state index contributed by atoms with van der Waals surface area (Å²) >= 11 is 0. The molecular formula is C23H35N5O5. The maximum atomic E-state index is 12.8. The zero-order valence-corrected chi connectivity index (χ0v) is 18.9. The van der Waals surface area contributed by atoms with Crippen molar-refractivity contribution in [2.45, 2.75) is 69.0 Å². The van der Waals surface area contributed by atoms with Crippen LogP contribution in [0.5, 0.6) is 0 Å². The van der Waals surface area contributed by atoms with E-state index < -0.39 is 24.4 Å². The SMILES string of the molecule is O=C(NCC1OC(CC(=O)N2CCN(c3ccccn3)CC2)C(O)C1O)NC1CCCCC1. The van der Waals surface area contributed by atoms with Crippen molar-refractivity contribution in [3.05, 3.63) is 24.4 Å². The van der Waals surface area contributed by atoms with Gasteiger partial charge in [0.05, 0.1) is 12.5 Å². The Hall–Kier alpha value is -2.43. The molecule has 3 fully saturated rings. The fourth-order valence-corrected chi connectivity index (χ4v) is 4.87. The van der Waals surface area contributed by atoms with Gasteiger partial charge in [-0.25, -0.2) is 9.78 Å². The maximum absolute atomic E-state index is 12.8. The number of carbonyl (C=O) groups is 2. The van der Waals surface area contributed by atoms with E-state index in [1.165, 1.54) is 6.42 Å². The third kappa shape index (κ3) is 6.13. The van der Waals surface area contributed by atoms with Gasteiger partial charge in [0.1, 0.15) is 24.1 Å². The summed E-state index contributed by atoms with van der Waals surface area (Å²) < 4.78 is 5.77. The lowest BCUT2D eigenvalue weighted by Crippen LogP contribution is -2.50. The molecule has 1 aliphatic carbocycles. The van der Waals surface area contributed by atoms with Gasteiger partial charge in [0.2, 0.25) is 5.91 Å². The van der Waals surface area contributed by atoms with Gasteiger partial charge in [-0.05, 0) is 25.0 Å². The Kier molecular flexibility index (Phi) is 8.00. The number of urea groups is 1. The first kappa shape index (κ1) is 23.7. The number of aliphatic hydroxyl groups excluding tert-OH is 2. The van der Waals surface area contributed by atoms with Crippen molar-refractivity contribution in [3.63, 3.8) is 0 Å². The molecule has 182 valence electrons. The van der Waals surface area contributed by atoms with Crippen molar-refractivity contribution < 1.29 is 24.5 Å².